The van der Waals surface area contributed by atoms with E-state index in [9.17, 15) is 9.59 Å². The fourth-order valence-electron chi connectivity index (χ4n) is 1.54. The molecule has 1 aromatic rings. The monoisotopic (exact) mass is 222 g/mol. The molecule has 1 heterocycles. The van der Waals surface area contributed by atoms with Crippen LogP contribution >= 0.6 is 0 Å². The van der Waals surface area contributed by atoms with Crippen LogP contribution in [0.1, 0.15) is 32.1 Å². The summed E-state index contributed by atoms with van der Waals surface area (Å²) in [5, 5.41) is 0. The molecule has 0 radical (unpaired) electrons. The first kappa shape index (κ1) is 12.5. The average molecular weight is 222 g/mol. The predicted octanol–water partition coefficient (Wildman–Crippen LogP) is 1.67. The van der Waals surface area contributed by atoms with E-state index in [2.05, 4.69) is 11.6 Å². The fourth-order valence-corrected chi connectivity index (χ4v) is 1.54. The van der Waals surface area contributed by atoms with Crippen molar-refractivity contribution in [1.29, 1.82) is 0 Å². The Morgan fingerprint density at radius 1 is 1.25 bits per heavy atom. The van der Waals surface area contributed by atoms with E-state index in [4.69, 9.17) is 0 Å². The molecule has 1 aromatic heterocycles. The number of hydrogen-bond acceptors (Lipinski definition) is 2. The van der Waals surface area contributed by atoms with Crippen LogP contribution in [0, 0.1) is 0 Å². The summed E-state index contributed by atoms with van der Waals surface area (Å²) in [6.07, 6.45) is 8.90. The first-order valence-corrected chi connectivity index (χ1v) is 5.64. The van der Waals surface area contributed by atoms with Crippen molar-refractivity contribution in [3.05, 3.63) is 45.8 Å². The number of nitrogens with zero attached hydrogens (tertiary/aromatic N) is 1. The molecule has 0 bridgehead atoms. The largest absolute Gasteiger partial charge is 0.328 e. The molecule has 0 aliphatic rings. The highest BCUT2D eigenvalue weighted by Crippen LogP contribution is 2.03. The maximum absolute atomic E-state index is 11.3. The van der Waals surface area contributed by atoms with Gasteiger partial charge < -0.3 is 4.57 Å². The molecule has 88 valence electrons. The van der Waals surface area contributed by atoms with E-state index in [1.54, 1.807) is 6.20 Å². The van der Waals surface area contributed by atoms with Gasteiger partial charge in [-0.15, -0.1) is 6.58 Å². The number of unbranched alkanes of at least 4 members (excludes halogenated alkanes) is 4. The molecule has 0 unspecified atom stereocenters. The highest BCUT2D eigenvalue weighted by molar-refractivity contribution is 4.82. The van der Waals surface area contributed by atoms with Crippen molar-refractivity contribution in [3.8, 4) is 0 Å². The van der Waals surface area contributed by atoms with Gasteiger partial charge in [0.1, 0.15) is 0 Å². The van der Waals surface area contributed by atoms with Gasteiger partial charge in [-0.1, -0.05) is 18.9 Å². The van der Waals surface area contributed by atoms with Crippen LogP contribution in [0.5, 0.6) is 0 Å². The summed E-state index contributed by atoms with van der Waals surface area (Å²) in [4.78, 5) is 24.4. The summed E-state index contributed by atoms with van der Waals surface area (Å²) in [5.41, 5.74) is -0.661. The van der Waals surface area contributed by atoms with Gasteiger partial charge in [-0.3, -0.25) is 9.78 Å². The molecule has 1 N–H and O–H groups in total. The summed E-state index contributed by atoms with van der Waals surface area (Å²) in [6.45, 7) is 4.34. The molecule has 0 aliphatic carbocycles. The van der Waals surface area contributed by atoms with Crippen molar-refractivity contribution in [2.75, 3.05) is 0 Å². The standard InChI is InChI=1S/C12H18N2O2/c1-2-3-4-5-6-7-9-14-10-8-11(15)13-12(14)16/h2,8,10H,1,3-7,9H2,(H,13,15,16). The number of nitrogens with one attached hydrogen (secondary N) is 1. The van der Waals surface area contributed by atoms with E-state index in [1.807, 2.05) is 6.08 Å². The minimum Gasteiger partial charge on any atom is -0.301 e. The molecular weight excluding hydrogens is 204 g/mol. The number of aryl methyl sites for hydroxylation is 1. The van der Waals surface area contributed by atoms with E-state index in [1.165, 1.54) is 10.6 Å². The molecule has 1 rings (SSSR count). The zero-order valence-corrected chi connectivity index (χ0v) is 9.45. The second-order valence-corrected chi connectivity index (χ2v) is 3.80. The van der Waals surface area contributed by atoms with Crippen molar-refractivity contribution in [2.45, 2.75) is 38.6 Å². The van der Waals surface area contributed by atoms with Gasteiger partial charge in [-0.25, -0.2) is 4.79 Å². The third-order valence-corrected chi connectivity index (χ3v) is 2.45. The summed E-state index contributed by atoms with van der Waals surface area (Å²) >= 11 is 0. The second kappa shape index (κ2) is 6.82. The molecule has 4 heteroatoms. The lowest BCUT2D eigenvalue weighted by molar-refractivity contribution is 0.554. The molecule has 0 atom stereocenters. The molecule has 0 fully saturated rings. The van der Waals surface area contributed by atoms with Crippen molar-refractivity contribution in [1.82, 2.24) is 9.55 Å². The van der Waals surface area contributed by atoms with Crippen LogP contribution in [0.3, 0.4) is 0 Å². The van der Waals surface area contributed by atoms with Crippen LogP contribution < -0.4 is 11.2 Å². The Morgan fingerprint density at radius 2 is 2.00 bits per heavy atom. The molecule has 4 nitrogen and oxygen atoms in total. The van der Waals surface area contributed by atoms with Crippen molar-refractivity contribution in [2.24, 2.45) is 0 Å². The Kier molecular flexibility index (Phi) is 5.32. The van der Waals surface area contributed by atoms with E-state index in [0.717, 1.165) is 32.1 Å². The Hall–Kier alpha value is -1.58. The Bertz CT molecular complexity index is 431. The lowest BCUT2D eigenvalue weighted by Gasteiger charge is -2.03. The Balaban J connectivity index is 2.29. The molecule has 0 amide bonds. The fraction of sp³-hybridized carbons (Fsp3) is 0.500. The number of aromatic nitrogens is 2. The number of allylic oxidation sites excluding steroid dienone is 1. The molecular formula is C12H18N2O2. The summed E-state index contributed by atoms with van der Waals surface area (Å²) in [7, 11) is 0. The predicted molar refractivity (Wildman–Crippen MR) is 64.6 cm³/mol. The highest BCUT2D eigenvalue weighted by Gasteiger charge is 1.95. The van der Waals surface area contributed by atoms with Gasteiger partial charge in [0, 0.05) is 18.8 Å². The zero-order valence-electron chi connectivity index (χ0n) is 9.45. The van der Waals surface area contributed by atoms with Crippen molar-refractivity contribution < 1.29 is 0 Å². The van der Waals surface area contributed by atoms with E-state index >= 15 is 0 Å². The van der Waals surface area contributed by atoms with Crippen LogP contribution in [0.4, 0.5) is 0 Å². The van der Waals surface area contributed by atoms with Crippen molar-refractivity contribution in [3.63, 3.8) is 0 Å². The molecule has 0 saturated heterocycles. The zero-order chi connectivity index (χ0) is 11.8. The third kappa shape index (κ3) is 4.29. The van der Waals surface area contributed by atoms with Crippen LogP contribution in [0.15, 0.2) is 34.5 Å². The lowest BCUT2D eigenvalue weighted by Crippen LogP contribution is -2.28. The summed E-state index contributed by atoms with van der Waals surface area (Å²) in [6, 6.07) is 1.37. The quantitative estimate of drug-likeness (QED) is 0.563. The van der Waals surface area contributed by atoms with Gasteiger partial charge >= 0.3 is 5.69 Å². The number of hydrogen-bond donors (Lipinski definition) is 1. The van der Waals surface area contributed by atoms with Crippen LogP contribution in [-0.2, 0) is 6.54 Å². The molecule has 0 spiro atoms. The minimum absolute atomic E-state index is 0.321. The van der Waals surface area contributed by atoms with E-state index in [0.29, 0.717) is 6.54 Å². The van der Waals surface area contributed by atoms with Crippen LogP contribution in [0.25, 0.3) is 0 Å². The molecule has 16 heavy (non-hydrogen) atoms. The van der Waals surface area contributed by atoms with Gasteiger partial charge in [0.15, 0.2) is 0 Å². The SMILES string of the molecule is C=CCCCCCCn1ccc(=O)[nH]c1=O. The second-order valence-electron chi connectivity index (χ2n) is 3.80. The minimum atomic E-state index is -0.341. The maximum atomic E-state index is 11.3. The van der Waals surface area contributed by atoms with E-state index < -0.39 is 0 Å². The topological polar surface area (TPSA) is 54.9 Å². The molecule has 0 aliphatic heterocycles. The van der Waals surface area contributed by atoms with Gasteiger partial charge in [0.2, 0.25) is 0 Å². The number of H-pyrrole nitrogens is 1. The van der Waals surface area contributed by atoms with Gasteiger partial charge in [-0.2, -0.15) is 0 Å². The van der Waals surface area contributed by atoms with Gasteiger partial charge in [0.25, 0.3) is 5.56 Å². The summed E-state index contributed by atoms with van der Waals surface area (Å²) < 4.78 is 1.54. The normalized spacial score (nSPS) is 10.2. The first-order valence-electron chi connectivity index (χ1n) is 5.64. The summed E-state index contributed by atoms with van der Waals surface area (Å²) in [5.74, 6) is 0. The highest BCUT2D eigenvalue weighted by atomic mass is 16.2. The molecule has 0 saturated carbocycles. The Morgan fingerprint density at radius 3 is 2.69 bits per heavy atom. The average Bonchev–Trinajstić information content (AvgIpc) is 2.26. The van der Waals surface area contributed by atoms with Gasteiger partial charge in [0.05, 0.1) is 0 Å². The van der Waals surface area contributed by atoms with Crippen LogP contribution in [0.2, 0.25) is 0 Å². The smallest absolute Gasteiger partial charge is 0.301 e. The van der Waals surface area contributed by atoms with Crippen molar-refractivity contribution >= 4 is 0 Å². The first-order chi connectivity index (χ1) is 7.74. The van der Waals surface area contributed by atoms with Crippen LogP contribution in [-0.4, -0.2) is 9.55 Å². The number of aromatic amines is 1. The van der Waals surface area contributed by atoms with E-state index in [-0.39, 0.29) is 11.2 Å². The molecule has 0 aromatic carbocycles. The Labute approximate surface area is 94.6 Å². The third-order valence-electron chi connectivity index (χ3n) is 2.45. The lowest BCUT2D eigenvalue weighted by atomic mass is 10.1. The number of rotatable bonds is 7. The van der Waals surface area contributed by atoms with Gasteiger partial charge in [-0.05, 0) is 19.3 Å². The maximum Gasteiger partial charge on any atom is 0.328 e.